The lowest BCUT2D eigenvalue weighted by Crippen LogP contribution is -1.99. The third-order valence-corrected chi connectivity index (χ3v) is 3.18. The second kappa shape index (κ2) is 6.32. The largest absolute Gasteiger partial charge is 0.506 e. The smallest absolute Gasteiger partial charge is 0.163 e. The van der Waals surface area contributed by atoms with Crippen LogP contribution in [0.4, 0.5) is 0 Å². The van der Waals surface area contributed by atoms with Gasteiger partial charge in [-0.05, 0) is 25.1 Å². The number of phenols is 1. The number of Topliss-reactive ketones (excluding diaryl/α,β-unsaturated/α-hetero) is 1. The summed E-state index contributed by atoms with van der Waals surface area (Å²) in [5.41, 5.74) is 0.181. The lowest BCUT2D eigenvalue weighted by atomic mass is 10.0. The SMILES string of the molecule is COc1ccc(OC)c2c(O)c(C(C)=O)cc(OC)c12.N. The van der Waals surface area contributed by atoms with Crippen molar-refractivity contribution in [3.8, 4) is 23.0 Å². The fourth-order valence-electron chi connectivity index (χ4n) is 2.22. The quantitative estimate of drug-likeness (QED) is 0.841. The number of ketones is 1. The number of carbonyl (C=O) groups excluding carboxylic acids is 1. The molecule has 0 saturated carbocycles. The molecule has 4 N–H and O–H groups in total. The predicted molar refractivity (Wildman–Crippen MR) is 80.3 cm³/mol. The Morgan fingerprint density at radius 2 is 1.43 bits per heavy atom. The minimum Gasteiger partial charge on any atom is -0.506 e. The topological polar surface area (TPSA) is 100.0 Å². The molecule has 0 amide bonds. The van der Waals surface area contributed by atoms with E-state index in [0.29, 0.717) is 28.0 Å². The normalized spacial score (nSPS) is 9.90. The second-order valence-corrected chi connectivity index (χ2v) is 4.25. The summed E-state index contributed by atoms with van der Waals surface area (Å²) in [6, 6.07) is 4.89. The van der Waals surface area contributed by atoms with Gasteiger partial charge in [0.05, 0.1) is 37.7 Å². The second-order valence-electron chi connectivity index (χ2n) is 4.25. The number of aromatic hydroxyl groups is 1. The predicted octanol–water partition coefficient (Wildman–Crippen LogP) is 2.94. The first-order chi connectivity index (χ1) is 9.54. The van der Waals surface area contributed by atoms with E-state index < -0.39 is 0 Å². The number of fused-ring (bicyclic) bond motifs is 1. The van der Waals surface area contributed by atoms with Crippen molar-refractivity contribution < 1.29 is 24.1 Å². The molecule has 0 aliphatic heterocycles. The maximum atomic E-state index is 11.6. The van der Waals surface area contributed by atoms with Crippen LogP contribution in [0.15, 0.2) is 18.2 Å². The van der Waals surface area contributed by atoms with Crippen LogP contribution in [0.3, 0.4) is 0 Å². The van der Waals surface area contributed by atoms with Crippen LogP contribution in [0.25, 0.3) is 10.8 Å². The van der Waals surface area contributed by atoms with Gasteiger partial charge in [0.15, 0.2) is 5.78 Å². The Balaban J connectivity index is 0.00000220. The Morgan fingerprint density at radius 1 is 0.952 bits per heavy atom. The van der Waals surface area contributed by atoms with Gasteiger partial charge in [0.1, 0.15) is 23.0 Å². The van der Waals surface area contributed by atoms with E-state index in [0.717, 1.165) is 0 Å². The Bertz CT molecular complexity index is 682. The van der Waals surface area contributed by atoms with E-state index in [-0.39, 0.29) is 23.2 Å². The van der Waals surface area contributed by atoms with Crippen molar-refractivity contribution in [2.24, 2.45) is 0 Å². The van der Waals surface area contributed by atoms with Gasteiger partial charge in [-0.25, -0.2) is 0 Å². The zero-order valence-electron chi connectivity index (χ0n) is 12.5. The van der Waals surface area contributed by atoms with Gasteiger partial charge in [-0.3, -0.25) is 4.79 Å². The molecule has 0 unspecified atom stereocenters. The first-order valence-corrected chi connectivity index (χ1v) is 6.00. The zero-order chi connectivity index (χ0) is 14.9. The van der Waals surface area contributed by atoms with E-state index in [1.807, 2.05) is 0 Å². The molecular formula is C15H19NO5. The van der Waals surface area contributed by atoms with Crippen LogP contribution in [0, 0.1) is 0 Å². The van der Waals surface area contributed by atoms with Gasteiger partial charge in [0.2, 0.25) is 0 Å². The molecule has 114 valence electrons. The summed E-state index contributed by atoms with van der Waals surface area (Å²) in [6.45, 7) is 1.38. The molecule has 2 aromatic carbocycles. The van der Waals surface area contributed by atoms with Gasteiger partial charge < -0.3 is 25.5 Å². The van der Waals surface area contributed by atoms with E-state index in [1.54, 1.807) is 12.1 Å². The van der Waals surface area contributed by atoms with Crippen LogP contribution < -0.4 is 20.4 Å². The summed E-state index contributed by atoms with van der Waals surface area (Å²) in [7, 11) is 4.51. The first kappa shape index (κ1) is 16.6. The lowest BCUT2D eigenvalue weighted by molar-refractivity contribution is 0.101. The number of ether oxygens (including phenoxy) is 3. The van der Waals surface area contributed by atoms with Crippen molar-refractivity contribution in [1.29, 1.82) is 0 Å². The minimum absolute atomic E-state index is 0. The fraction of sp³-hybridized carbons (Fsp3) is 0.267. The summed E-state index contributed by atoms with van der Waals surface area (Å²) >= 11 is 0. The number of benzene rings is 2. The Hall–Kier alpha value is -2.47. The maximum Gasteiger partial charge on any atom is 0.163 e. The molecule has 0 spiro atoms. The number of phenolic OH excluding ortho intramolecular Hbond substituents is 1. The van der Waals surface area contributed by atoms with Crippen molar-refractivity contribution in [1.82, 2.24) is 6.15 Å². The minimum atomic E-state index is -0.257. The van der Waals surface area contributed by atoms with Gasteiger partial charge in [0.25, 0.3) is 0 Å². The van der Waals surface area contributed by atoms with Crippen LogP contribution in [0.2, 0.25) is 0 Å². The molecule has 2 aromatic rings. The van der Waals surface area contributed by atoms with E-state index in [9.17, 15) is 9.90 Å². The molecule has 0 bridgehead atoms. The van der Waals surface area contributed by atoms with E-state index in [2.05, 4.69) is 0 Å². The summed E-state index contributed by atoms with van der Waals surface area (Å²) in [4.78, 5) is 11.6. The lowest BCUT2D eigenvalue weighted by Gasteiger charge is -2.16. The third kappa shape index (κ3) is 2.57. The van der Waals surface area contributed by atoms with Crippen LogP contribution >= 0.6 is 0 Å². The van der Waals surface area contributed by atoms with E-state index in [4.69, 9.17) is 14.2 Å². The molecule has 0 heterocycles. The molecular weight excluding hydrogens is 274 g/mol. The molecule has 0 fully saturated rings. The van der Waals surface area contributed by atoms with E-state index in [1.165, 1.54) is 34.3 Å². The summed E-state index contributed by atoms with van der Waals surface area (Å²) < 4.78 is 15.9. The van der Waals surface area contributed by atoms with Crippen LogP contribution in [0.1, 0.15) is 17.3 Å². The van der Waals surface area contributed by atoms with Crippen LogP contribution in [-0.4, -0.2) is 32.2 Å². The molecule has 2 rings (SSSR count). The highest BCUT2D eigenvalue weighted by Gasteiger charge is 2.21. The monoisotopic (exact) mass is 293 g/mol. The van der Waals surface area contributed by atoms with Gasteiger partial charge in [0, 0.05) is 0 Å². The van der Waals surface area contributed by atoms with Gasteiger partial charge in [-0.15, -0.1) is 0 Å². The number of hydrogen-bond acceptors (Lipinski definition) is 6. The molecule has 0 aromatic heterocycles. The number of rotatable bonds is 4. The van der Waals surface area contributed by atoms with Crippen molar-refractivity contribution in [2.75, 3.05) is 21.3 Å². The highest BCUT2D eigenvalue weighted by molar-refractivity contribution is 6.09. The third-order valence-electron chi connectivity index (χ3n) is 3.18. The van der Waals surface area contributed by atoms with Crippen LogP contribution in [0.5, 0.6) is 23.0 Å². The molecule has 21 heavy (non-hydrogen) atoms. The van der Waals surface area contributed by atoms with Crippen molar-refractivity contribution in [3.63, 3.8) is 0 Å². The highest BCUT2D eigenvalue weighted by Crippen LogP contribution is 2.45. The standard InChI is InChI=1S/C15H16O5.H3N/c1-8(16)9-7-12(20-4)13-10(18-2)5-6-11(19-3)14(13)15(9)17;/h5-7,17H,1-4H3;1H3. The van der Waals surface area contributed by atoms with Crippen molar-refractivity contribution in [3.05, 3.63) is 23.8 Å². The maximum absolute atomic E-state index is 11.6. The molecule has 6 heteroatoms. The van der Waals surface area contributed by atoms with Crippen molar-refractivity contribution >= 4 is 16.6 Å². The van der Waals surface area contributed by atoms with Crippen molar-refractivity contribution in [2.45, 2.75) is 6.92 Å². The first-order valence-electron chi connectivity index (χ1n) is 6.00. The summed E-state index contributed by atoms with van der Waals surface area (Å²) in [5.74, 6) is 1.03. The van der Waals surface area contributed by atoms with Crippen LogP contribution in [-0.2, 0) is 0 Å². The average Bonchev–Trinajstić information content (AvgIpc) is 2.46. The Morgan fingerprint density at radius 3 is 1.86 bits per heavy atom. The molecule has 0 radical (unpaired) electrons. The Kier molecular flexibility index (Phi) is 4.99. The molecule has 0 saturated heterocycles. The number of methoxy groups -OCH3 is 3. The van der Waals surface area contributed by atoms with E-state index >= 15 is 0 Å². The summed E-state index contributed by atoms with van der Waals surface area (Å²) in [5, 5.41) is 11.3. The zero-order valence-corrected chi connectivity index (χ0v) is 12.5. The molecule has 0 aliphatic carbocycles. The van der Waals surface area contributed by atoms with Gasteiger partial charge >= 0.3 is 0 Å². The fourth-order valence-corrected chi connectivity index (χ4v) is 2.22. The summed E-state index contributed by atoms with van der Waals surface area (Å²) in [6.07, 6.45) is 0. The molecule has 0 atom stereocenters. The molecule has 6 nitrogen and oxygen atoms in total. The highest BCUT2D eigenvalue weighted by atomic mass is 16.5. The van der Waals surface area contributed by atoms with Gasteiger partial charge in [-0.1, -0.05) is 0 Å². The Labute approximate surface area is 122 Å². The molecule has 0 aliphatic rings. The number of carbonyl (C=O) groups is 1. The average molecular weight is 293 g/mol. The van der Waals surface area contributed by atoms with Gasteiger partial charge in [-0.2, -0.15) is 0 Å². The number of hydrogen-bond donors (Lipinski definition) is 2.